The number of aryl methyl sites for hydroxylation is 5. The van der Waals surface area contributed by atoms with E-state index >= 15 is 0 Å². The number of fused-ring (bicyclic) bond motifs is 1. The number of carbonyl (C=O) groups excluding carboxylic acids is 1. The topological polar surface area (TPSA) is 62.1 Å². The molecule has 0 bridgehead atoms. The van der Waals surface area contributed by atoms with Gasteiger partial charge in [-0.25, -0.2) is 0 Å². The normalized spacial score (nSPS) is 17.2. The lowest BCUT2D eigenvalue weighted by Crippen LogP contribution is -2.32. The smallest absolute Gasteiger partial charge is 0.227 e. The van der Waals surface area contributed by atoms with Gasteiger partial charge >= 0.3 is 0 Å². The molecule has 4 rings (SSSR count). The Kier molecular flexibility index (Phi) is 4.33. The number of rotatable bonds is 3. The highest BCUT2D eigenvalue weighted by atomic mass is 16.5. The number of nitrogens with zero attached hydrogens (tertiary/aromatic N) is 2. The number of hydrogen-bond donors (Lipinski definition) is 1. The summed E-state index contributed by atoms with van der Waals surface area (Å²) in [6, 6.07) is 4.35. The average Bonchev–Trinajstić information content (AvgIpc) is 3.30. The Morgan fingerprint density at radius 3 is 2.67 bits per heavy atom. The molecule has 1 aliphatic rings. The number of amides is 1. The number of aromatic nitrogens is 2. The van der Waals surface area contributed by atoms with Gasteiger partial charge in [0.15, 0.2) is 0 Å². The van der Waals surface area contributed by atoms with Crippen molar-refractivity contribution in [1.82, 2.24) is 15.0 Å². The van der Waals surface area contributed by atoms with E-state index in [1.165, 1.54) is 16.5 Å². The molecule has 0 unspecified atom stereocenters. The van der Waals surface area contributed by atoms with E-state index in [0.29, 0.717) is 6.42 Å². The number of carbonyl (C=O) groups is 1. The van der Waals surface area contributed by atoms with Gasteiger partial charge in [-0.1, -0.05) is 17.3 Å². The van der Waals surface area contributed by atoms with Gasteiger partial charge in [-0.3, -0.25) is 4.79 Å². The molecule has 0 saturated carbocycles. The Balaban J connectivity index is 1.68. The van der Waals surface area contributed by atoms with Crippen LogP contribution in [-0.4, -0.2) is 27.5 Å². The van der Waals surface area contributed by atoms with Gasteiger partial charge in [-0.05, 0) is 64.2 Å². The zero-order valence-electron chi connectivity index (χ0n) is 16.8. The zero-order valence-corrected chi connectivity index (χ0v) is 16.8. The molecule has 1 saturated heterocycles. The molecule has 1 atom stereocenters. The molecule has 1 N–H and O–H groups in total. The van der Waals surface area contributed by atoms with Crippen LogP contribution in [0.4, 0.5) is 0 Å². The van der Waals surface area contributed by atoms with Gasteiger partial charge in [0.05, 0.1) is 18.2 Å². The first-order valence-electron chi connectivity index (χ1n) is 9.68. The molecular weight excluding hydrogens is 338 g/mol. The van der Waals surface area contributed by atoms with Crippen molar-refractivity contribution in [3.63, 3.8) is 0 Å². The van der Waals surface area contributed by atoms with Crippen molar-refractivity contribution in [2.75, 3.05) is 6.54 Å². The number of nitrogens with one attached hydrogen (secondary N) is 1. The molecule has 5 heteroatoms. The molecule has 1 amide bonds. The number of likely N-dealkylation sites (tertiary alicyclic amines) is 1. The molecule has 5 nitrogen and oxygen atoms in total. The van der Waals surface area contributed by atoms with Crippen LogP contribution in [0.3, 0.4) is 0 Å². The van der Waals surface area contributed by atoms with Crippen LogP contribution in [0.2, 0.25) is 0 Å². The van der Waals surface area contributed by atoms with Crippen LogP contribution in [0.5, 0.6) is 0 Å². The standard InChI is InChI=1S/C22H27N3O2/c1-12-8-9-13(2)22-20(12)17(14(3)23-22)11-19(26)25-10-6-7-18(25)21-15(4)24-27-16(21)5/h8-9,18,23H,6-7,10-11H2,1-5H3/t18-/m0/s1. The summed E-state index contributed by atoms with van der Waals surface area (Å²) in [6.07, 6.45) is 2.42. The van der Waals surface area contributed by atoms with Gasteiger partial charge in [0.1, 0.15) is 5.76 Å². The van der Waals surface area contributed by atoms with Crippen molar-refractivity contribution in [2.24, 2.45) is 0 Å². The van der Waals surface area contributed by atoms with Crippen LogP contribution in [0, 0.1) is 34.6 Å². The summed E-state index contributed by atoms with van der Waals surface area (Å²) in [5.74, 6) is 1.01. The van der Waals surface area contributed by atoms with Crippen molar-refractivity contribution in [3.8, 4) is 0 Å². The van der Waals surface area contributed by atoms with Crippen molar-refractivity contribution in [1.29, 1.82) is 0 Å². The monoisotopic (exact) mass is 365 g/mol. The second kappa shape index (κ2) is 6.55. The minimum Gasteiger partial charge on any atom is -0.361 e. The molecule has 1 aromatic carbocycles. The van der Waals surface area contributed by atoms with E-state index < -0.39 is 0 Å². The highest BCUT2D eigenvalue weighted by molar-refractivity contribution is 5.94. The van der Waals surface area contributed by atoms with Crippen LogP contribution in [0.1, 0.15) is 58.3 Å². The highest BCUT2D eigenvalue weighted by Gasteiger charge is 2.34. The molecule has 0 aliphatic carbocycles. The Bertz CT molecular complexity index is 1010. The zero-order chi connectivity index (χ0) is 19.3. The van der Waals surface area contributed by atoms with Crippen LogP contribution < -0.4 is 0 Å². The molecule has 0 radical (unpaired) electrons. The van der Waals surface area contributed by atoms with Gasteiger partial charge in [-0.2, -0.15) is 0 Å². The molecular formula is C22H27N3O2. The third kappa shape index (κ3) is 2.85. The first-order valence-corrected chi connectivity index (χ1v) is 9.68. The first kappa shape index (κ1) is 17.8. The van der Waals surface area contributed by atoms with Crippen LogP contribution in [0.15, 0.2) is 16.7 Å². The third-order valence-corrected chi connectivity index (χ3v) is 6.01. The minimum atomic E-state index is 0.0806. The van der Waals surface area contributed by atoms with Gasteiger partial charge in [-0.15, -0.1) is 0 Å². The van der Waals surface area contributed by atoms with Crippen LogP contribution in [0.25, 0.3) is 10.9 Å². The summed E-state index contributed by atoms with van der Waals surface area (Å²) in [7, 11) is 0. The predicted octanol–water partition coefficient (Wildman–Crippen LogP) is 4.60. The van der Waals surface area contributed by atoms with Crippen molar-refractivity contribution in [2.45, 2.75) is 59.9 Å². The lowest BCUT2D eigenvalue weighted by atomic mass is 9.99. The van der Waals surface area contributed by atoms with Crippen molar-refractivity contribution in [3.05, 3.63) is 51.5 Å². The maximum atomic E-state index is 13.3. The number of H-pyrrole nitrogens is 1. The molecule has 3 heterocycles. The molecule has 1 fully saturated rings. The third-order valence-electron chi connectivity index (χ3n) is 6.01. The second-order valence-corrected chi connectivity index (χ2v) is 7.84. The van der Waals surface area contributed by atoms with E-state index in [2.05, 4.69) is 43.0 Å². The van der Waals surface area contributed by atoms with Crippen LogP contribution in [-0.2, 0) is 11.2 Å². The summed E-state index contributed by atoms with van der Waals surface area (Å²) in [5, 5.41) is 5.29. The Hall–Kier alpha value is -2.56. The van der Waals surface area contributed by atoms with E-state index in [1.807, 2.05) is 18.7 Å². The Labute approximate surface area is 159 Å². The number of hydrogen-bond acceptors (Lipinski definition) is 3. The minimum absolute atomic E-state index is 0.0806. The van der Waals surface area contributed by atoms with E-state index in [-0.39, 0.29) is 11.9 Å². The van der Waals surface area contributed by atoms with E-state index in [9.17, 15) is 4.79 Å². The van der Waals surface area contributed by atoms with Crippen molar-refractivity contribution < 1.29 is 9.32 Å². The summed E-state index contributed by atoms with van der Waals surface area (Å²) < 4.78 is 5.35. The van der Waals surface area contributed by atoms with Crippen molar-refractivity contribution >= 4 is 16.8 Å². The summed E-state index contributed by atoms with van der Waals surface area (Å²) in [6.45, 7) is 11.0. The average molecular weight is 365 g/mol. The maximum absolute atomic E-state index is 13.3. The lowest BCUT2D eigenvalue weighted by molar-refractivity contribution is -0.131. The van der Waals surface area contributed by atoms with E-state index in [4.69, 9.17) is 4.52 Å². The van der Waals surface area contributed by atoms with E-state index in [0.717, 1.165) is 53.2 Å². The van der Waals surface area contributed by atoms with Gasteiger partial charge in [0, 0.05) is 28.7 Å². The van der Waals surface area contributed by atoms with E-state index in [1.54, 1.807) is 0 Å². The van der Waals surface area contributed by atoms with Gasteiger partial charge < -0.3 is 14.4 Å². The molecule has 142 valence electrons. The molecule has 1 aliphatic heterocycles. The fourth-order valence-corrected chi connectivity index (χ4v) is 4.62. The maximum Gasteiger partial charge on any atom is 0.227 e. The predicted molar refractivity (Wildman–Crippen MR) is 106 cm³/mol. The first-order chi connectivity index (χ1) is 12.9. The number of aromatic amines is 1. The summed E-state index contributed by atoms with van der Waals surface area (Å²) in [4.78, 5) is 18.8. The molecule has 3 aromatic rings. The van der Waals surface area contributed by atoms with Gasteiger partial charge in [0.25, 0.3) is 0 Å². The molecule has 2 aromatic heterocycles. The SMILES string of the molecule is Cc1noc(C)c1[C@@H]1CCCN1C(=O)Cc1c(C)[nH]c2c(C)ccc(C)c12. The fraction of sp³-hybridized carbons (Fsp3) is 0.455. The Morgan fingerprint density at radius 1 is 1.22 bits per heavy atom. The number of benzene rings is 1. The van der Waals surface area contributed by atoms with Crippen LogP contribution >= 0.6 is 0 Å². The quantitative estimate of drug-likeness (QED) is 0.737. The summed E-state index contributed by atoms with van der Waals surface area (Å²) in [5.41, 5.74) is 7.78. The highest BCUT2D eigenvalue weighted by Crippen LogP contribution is 2.37. The summed E-state index contributed by atoms with van der Waals surface area (Å²) >= 11 is 0. The molecule has 27 heavy (non-hydrogen) atoms. The van der Waals surface area contributed by atoms with Gasteiger partial charge in [0.2, 0.25) is 5.91 Å². The second-order valence-electron chi connectivity index (χ2n) is 7.84. The Morgan fingerprint density at radius 2 is 1.96 bits per heavy atom. The molecule has 0 spiro atoms. The largest absolute Gasteiger partial charge is 0.361 e. The lowest BCUT2D eigenvalue weighted by Gasteiger charge is -2.25. The fourth-order valence-electron chi connectivity index (χ4n) is 4.62.